The summed E-state index contributed by atoms with van der Waals surface area (Å²) in [6, 6.07) is 15.1. The van der Waals surface area contributed by atoms with Crippen LogP contribution < -0.4 is 4.74 Å². The Morgan fingerprint density at radius 2 is 1.88 bits per heavy atom. The van der Waals surface area contributed by atoms with Crippen molar-refractivity contribution in [3.8, 4) is 5.75 Å². The average molecular weight is 432 g/mol. The Hall–Kier alpha value is -2.05. The molecule has 1 fully saturated rings. The van der Waals surface area contributed by atoms with Gasteiger partial charge in [0.15, 0.2) is 0 Å². The Morgan fingerprint density at radius 1 is 1.15 bits per heavy atom. The van der Waals surface area contributed by atoms with Gasteiger partial charge in [-0.3, -0.25) is 14.5 Å². The summed E-state index contributed by atoms with van der Waals surface area (Å²) in [6.45, 7) is 4.20. The first-order valence-corrected chi connectivity index (χ1v) is 9.80. The lowest BCUT2D eigenvalue weighted by Crippen LogP contribution is -2.27. The first-order chi connectivity index (χ1) is 12.4. The number of ether oxygens (including phenoxy) is 1. The van der Waals surface area contributed by atoms with E-state index in [0.29, 0.717) is 4.91 Å². The molecule has 2 amide bonds. The van der Waals surface area contributed by atoms with Crippen molar-refractivity contribution < 1.29 is 14.3 Å². The molecule has 0 saturated carbocycles. The maximum atomic E-state index is 12.6. The van der Waals surface area contributed by atoms with Crippen LogP contribution in [0.3, 0.4) is 0 Å². The summed E-state index contributed by atoms with van der Waals surface area (Å²) in [5.74, 6) is 0.516. The van der Waals surface area contributed by atoms with Crippen LogP contribution in [0.1, 0.15) is 25.0 Å². The van der Waals surface area contributed by atoms with Crippen molar-refractivity contribution in [1.82, 2.24) is 4.90 Å². The summed E-state index contributed by atoms with van der Waals surface area (Å²) in [5.41, 5.74) is 1.76. The Balaban J connectivity index is 1.74. The number of amides is 2. The highest BCUT2D eigenvalue weighted by atomic mass is 79.9. The van der Waals surface area contributed by atoms with Gasteiger partial charge >= 0.3 is 0 Å². The highest BCUT2D eigenvalue weighted by molar-refractivity contribution is 9.10. The number of rotatable bonds is 5. The van der Waals surface area contributed by atoms with Crippen LogP contribution in [0.25, 0.3) is 6.08 Å². The van der Waals surface area contributed by atoms with E-state index in [2.05, 4.69) is 15.9 Å². The van der Waals surface area contributed by atoms with Gasteiger partial charge in [0.05, 0.1) is 17.6 Å². The van der Waals surface area contributed by atoms with Crippen molar-refractivity contribution in [2.75, 3.05) is 0 Å². The molecule has 2 aromatic rings. The molecule has 1 aliphatic rings. The standard InChI is InChI=1S/C20H18BrNO3S/c1-13(2)25-17-8-6-14(7-9-17)11-18-19(23)22(20(24)26-18)12-15-4-3-5-16(21)10-15/h3-11,13H,12H2,1-2H3/b18-11-. The summed E-state index contributed by atoms with van der Waals surface area (Å²) >= 11 is 4.37. The van der Waals surface area contributed by atoms with E-state index in [9.17, 15) is 9.59 Å². The highest BCUT2D eigenvalue weighted by Crippen LogP contribution is 2.33. The summed E-state index contributed by atoms with van der Waals surface area (Å²) in [7, 11) is 0. The second kappa shape index (κ2) is 8.10. The monoisotopic (exact) mass is 431 g/mol. The van der Waals surface area contributed by atoms with Crippen molar-refractivity contribution >= 4 is 44.9 Å². The quantitative estimate of drug-likeness (QED) is 0.588. The third kappa shape index (κ3) is 4.56. The SMILES string of the molecule is CC(C)Oc1ccc(/C=C2\SC(=O)N(Cc3cccc(Br)c3)C2=O)cc1. The van der Waals surface area contributed by atoms with E-state index in [0.717, 1.165) is 33.1 Å². The first-order valence-electron chi connectivity index (χ1n) is 8.19. The number of halogens is 1. The Morgan fingerprint density at radius 3 is 2.54 bits per heavy atom. The molecular formula is C20H18BrNO3S. The van der Waals surface area contributed by atoms with Crippen LogP contribution in [-0.4, -0.2) is 22.2 Å². The number of thioether (sulfide) groups is 1. The lowest BCUT2D eigenvalue weighted by molar-refractivity contribution is -0.123. The minimum atomic E-state index is -0.262. The van der Waals surface area contributed by atoms with Gasteiger partial charge in [-0.1, -0.05) is 40.2 Å². The number of carbonyl (C=O) groups is 2. The van der Waals surface area contributed by atoms with E-state index in [1.54, 1.807) is 6.08 Å². The Labute approximate surface area is 165 Å². The summed E-state index contributed by atoms with van der Waals surface area (Å²) < 4.78 is 6.53. The van der Waals surface area contributed by atoms with E-state index in [4.69, 9.17) is 4.74 Å². The maximum absolute atomic E-state index is 12.6. The number of imide groups is 1. The third-order valence-corrected chi connectivity index (χ3v) is 5.05. The number of hydrogen-bond acceptors (Lipinski definition) is 4. The predicted molar refractivity (Wildman–Crippen MR) is 108 cm³/mol. The average Bonchev–Trinajstić information content (AvgIpc) is 2.84. The normalized spacial score (nSPS) is 16.0. The molecule has 0 atom stereocenters. The van der Waals surface area contributed by atoms with Crippen molar-refractivity contribution in [1.29, 1.82) is 0 Å². The van der Waals surface area contributed by atoms with Crippen molar-refractivity contribution in [2.24, 2.45) is 0 Å². The van der Waals surface area contributed by atoms with Gasteiger partial charge in [-0.15, -0.1) is 0 Å². The Bertz CT molecular complexity index is 862. The smallest absolute Gasteiger partial charge is 0.293 e. The molecule has 6 heteroatoms. The number of hydrogen-bond donors (Lipinski definition) is 0. The summed E-state index contributed by atoms with van der Waals surface area (Å²) in [4.78, 5) is 26.6. The number of benzene rings is 2. The molecule has 2 aromatic carbocycles. The van der Waals surface area contributed by atoms with Crippen LogP contribution in [0.4, 0.5) is 4.79 Å². The topological polar surface area (TPSA) is 46.6 Å². The second-order valence-electron chi connectivity index (χ2n) is 6.13. The molecule has 0 spiro atoms. The fourth-order valence-corrected chi connectivity index (χ4v) is 3.81. The molecule has 1 heterocycles. The van der Waals surface area contributed by atoms with Gasteiger partial charge in [-0.05, 0) is 67.1 Å². The molecule has 26 heavy (non-hydrogen) atoms. The van der Waals surface area contributed by atoms with E-state index in [1.165, 1.54) is 4.90 Å². The van der Waals surface area contributed by atoms with Crippen molar-refractivity contribution in [3.05, 3.63) is 69.0 Å². The van der Waals surface area contributed by atoms with Gasteiger partial charge in [-0.2, -0.15) is 0 Å². The summed E-state index contributed by atoms with van der Waals surface area (Å²) in [5, 5.41) is -0.249. The minimum absolute atomic E-state index is 0.107. The molecule has 3 rings (SSSR count). The van der Waals surface area contributed by atoms with E-state index < -0.39 is 0 Å². The molecular weight excluding hydrogens is 414 g/mol. The van der Waals surface area contributed by atoms with Crippen LogP contribution in [-0.2, 0) is 11.3 Å². The Kier molecular flexibility index (Phi) is 5.84. The predicted octanol–water partition coefficient (Wildman–Crippen LogP) is 5.47. The zero-order chi connectivity index (χ0) is 18.7. The van der Waals surface area contributed by atoms with Crippen LogP contribution in [0, 0.1) is 0 Å². The van der Waals surface area contributed by atoms with Gasteiger partial charge in [0.1, 0.15) is 5.75 Å². The molecule has 0 N–H and O–H groups in total. The van der Waals surface area contributed by atoms with Crippen LogP contribution >= 0.6 is 27.7 Å². The largest absolute Gasteiger partial charge is 0.491 e. The molecule has 1 saturated heterocycles. The van der Waals surface area contributed by atoms with Crippen molar-refractivity contribution in [2.45, 2.75) is 26.5 Å². The zero-order valence-corrected chi connectivity index (χ0v) is 16.8. The highest BCUT2D eigenvalue weighted by Gasteiger charge is 2.34. The van der Waals surface area contributed by atoms with Gasteiger partial charge in [0.2, 0.25) is 0 Å². The molecule has 134 valence electrons. The van der Waals surface area contributed by atoms with Gasteiger partial charge in [-0.25, -0.2) is 0 Å². The van der Waals surface area contributed by atoms with E-state index in [1.807, 2.05) is 62.4 Å². The van der Waals surface area contributed by atoms with Gasteiger partial charge in [0.25, 0.3) is 11.1 Å². The van der Waals surface area contributed by atoms with Crippen molar-refractivity contribution in [3.63, 3.8) is 0 Å². The number of nitrogens with zero attached hydrogens (tertiary/aromatic N) is 1. The molecule has 0 radical (unpaired) electrons. The molecule has 4 nitrogen and oxygen atoms in total. The first kappa shape index (κ1) is 18.7. The van der Waals surface area contributed by atoms with Crippen LogP contribution in [0.5, 0.6) is 5.75 Å². The van der Waals surface area contributed by atoms with Gasteiger partial charge in [0, 0.05) is 4.47 Å². The second-order valence-corrected chi connectivity index (χ2v) is 8.04. The fraction of sp³-hybridized carbons (Fsp3) is 0.200. The van der Waals surface area contributed by atoms with Crippen LogP contribution in [0.2, 0.25) is 0 Å². The third-order valence-electron chi connectivity index (χ3n) is 3.65. The van der Waals surface area contributed by atoms with E-state index >= 15 is 0 Å². The molecule has 1 aliphatic heterocycles. The van der Waals surface area contributed by atoms with Crippen LogP contribution in [0.15, 0.2) is 57.9 Å². The van der Waals surface area contributed by atoms with E-state index in [-0.39, 0.29) is 23.8 Å². The molecule has 0 aromatic heterocycles. The van der Waals surface area contributed by atoms with Gasteiger partial charge < -0.3 is 4.74 Å². The lowest BCUT2D eigenvalue weighted by atomic mass is 10.2. The summed E-state index contributed by atoms with van der Waals surface area (Å²) in [6.07, 6.45) is 1.85. The lowest BCUT2D eigenvalue weighted by Gasteiger charge is -2.12. The molecule has 0 bridgehead atoms. The number of carbonyl (C=O) groups excluding carboxylic acids is 2. The molecule has 0 unspecified atom stereocenters. The maximum Gasteiger partial charge on any atom is 0.293 e. The molecule has 0 aliphatic carbocycles. The minimum Gasteiger partial charge on any atom is -0.491 e. The zero-order valence-electron chi connectivity index (χ0n) is 14.4. The fourth-order valence-electron chi connectivity index (χ4n) is 2.52.